The summed E-state index contributed by atoms with van der Waals surface area (Å²) in [6, 6.07) is 5.40. The number of rotatable bonds is 3. The number of nitrogens with one attached hydrogen (secondary N) is 1. The molecule has 0 unspecified atom stereocenters. The Labute approximate surface area is 135 Å². The maximum absolute atomic E-state index is 12.4. The summed E-state index contributed by atoms with van der Waals surface area (Å²) in [7, 11) is 0. The minimum absolute atomic E-state index is 0.0101. The highest BCUT2D eigenvalue weighted by molar-refractivity contribution is 7.80. The highest BCUT2D eigenvalue weighted by Crippen LogP contribution is 2.21. The van der Waals surface area contributed by atoms with Gasteiger partial charge in [0.25, 0.3) is 11.8 Å². The van der Waals surface area contributed by atoms with E-state index in [1.54, 1.807) is 18.2 Å². The molecule has 0 radical (unpaired) electrons. The fourth-order valence-corrected chi connectivity index (χ4v) is 2.89. The van der Waals surface area contributed by atoms with Gasteiger partial charge in [0.15, 0.2) is 5.11 Å². The lowest BCUT2D eigenvalue weighted by Crippen LogP contribution is -2.53. The Morgan fingerprint density at radius 1 is 1.36 bits per heavy atom. The van der Waals surface area contributed by atoms with E-state index in [0.29, 0.717) is 11.1 Å². The maximum Gasteiger partial charge on any atom is 0.265 e. The molecule has 0 aliphatic carbocycles. The van der Waals surface area contributed by atoms with Crippen molar-refractivity contribution >= 4 is 58.0 Å². The zero-order valence-electron chi connectivity index (χ0n) is 11.3. The molecule has 110 valence electrons. The molecule has 1 fully saturated rings. The predicted molar refractivity (Wildman–Crippen MR) is 88.0 cm³/mol. The number of aromatic nitrogens is 2. The third-order valence-corrected chi connectivity index (χ3v) is 3.98. The largest absolute Gasteiger partial charge is 0.298 e. The molecule has 1 N–H and O–H groups in total. The summed E-state index contributed by atoms with van der Waals surface area (Å²) in [4.78, 5) is 25.8. The summed E-state index contributed by atoms with van der Waals surface area (Å²) in [5.74, 6) is -0.968. The molecule has 6 nitrogen and oxygen atoms in total. The molecule has 1 aromatic carbocycles. The van der Waals surface area contributed by atoms with Crippen LogP contribution in [0.25, 0.3) is 17.1 Å². The number of carbonyl (C=O) groups excluding carboxylic acids is 2. The van der Waals surface area contributed by atoms with Gasteiger partial charge < -0.3 is 0 Å². The highest BCUT2D eigenvalue weighted by atomic mass is 32.1. The second-order valence-corrected chi connectivity index (χ2v) is 5.42. The van der Waals surface area contributed by atoms with Gasteiger partial charge >= 0.3 is 0 Å². The van der Waals surface area contributed by atoms with Gasteiger partial charge in [-0.05, 0) is 24.4 Å². The second kappa shape index (κ2) is 5.74. The summed E-state index contributed by atoms with van der Waals surface area (Å²) in [5.41, 5.74) is 2.05. The Hall–Kier alpha value is -2.45. The number of nitrogens with zero attached hydrogens (tertiary/aromatic N) is 3. The van der Waals surface area contributed by atoms with Crippen molar-refractivity contribution in [3.63, 3.8) is 0 Å². The van der Waals surface area contributed by atoms with Crippen molar-refractivity contribution in [2.45, 2.75) is 0 Å². The van der Waals surface area contributed by atoms with E-state index in [4.69, 9.17) is 12.2 Å². The smallest absolute Gasteiger partial charge is 0.265 e. The van der Waals surface area contributed by atoms with Crippen molar-refractivity contribution in [3.8, 4) is 0 Å². The van der Waals surface area contributed by atoms with Crippen LogP contribution >= 0.6 is 23.9 Å². The summed E-state index contributed by atoms with van der Waals surface area (Å²) >= 11 is 6.09. The Balaban J connectivity index is 2.07. The van der Waals surface area contributed by atoms with Gasteiger partial charge in [0, 0.05) is 12.1 Å². The van der Waals surface area contributed by atoms with Crippen molar-refractivity contribution < 1.29 is 9.59 Å². The van der Waals surface area contributed by atoms with E-state index in [1.807, 2.05) is 6.07 Å². The predicted octanol–water partition coefficient (Wildman–Crippen LogP) is 1.50. The number of carbonyl (C=O) groups is 2. The molecule has 0 bridgehead atoms. The first-order valence-electron chi connectivity index (χ1n) is 6.33. The molecule has 1 aliphatic rings. The van der Waals surface area contributed by atoms with E-state index in [-0.39, 0.29) is 17.2 Å². The molecular weight excluding hydrogens is 320 g/mol. The Bertz CT molecular complexity index is 840. The summed E-state index contributed by atoms with van der Waals surface area (Å²) in [6.45, 7) is 3.82. The van der Waals surface area contributed by atoms with Crippen molar-refractivity contribution in [2.75, 3.05) is 6.54 Å². The minimum Gasteiger partial charge on any atom is -0.298 e. The Morgan fingerprint density at radius 3 is 2.95 bits per heavy atom. The fraction of sp³-hybridized carbons (Fsp3) is 0.0714. The van der Waals surface area contributed by atoms with E-state index in [0.717, 1.165) is 17.2 Å². The molecule has 2 heterocycles. The van der Waals surface area contributed by atoms with Crippen molar-refractivity contribution in [1.82, 2.24) is 19.0 Å². The van der Waals surface area contributed by atoms with Crippen molar-refractivity contribution in [3.05, 3.63) is 42.0 Å². The van der Waals surface area contributed by atoms with Crippen LogP contribution in [0.2, 0.25) is 0 Å². The van der Waals surface area contributed by atoms with E-state index in [1.165, 1.54) is 11.0 Å². The lowest BCUT2D eigenvalue weighted by Gasteiger charge is -2.27. The number of benzene rings is 1. The Kier molecular flexibility index (Phi) is 3.78. The normalized spacial score (nSPS) is 17.2. The summed E-state index contributed by atoms with van der Waals surface area (Å²) in [5, 5.41) is 2.59. The van der Waals surface area contributed by atoms with Gasteiger partial charge in [-0.1, -0.05) is 18.2 Å². The topological polar surface area (TPSA) is 75.2 Å². The first kappa shape index (κ1) is 14.5. The number of amides is 2. The molecule has 8 heteroatoms. The maximum atomic E-state index is 12.4. The van der Waals surface area contributed by atoms with E-state index in [2.05, 4.69) is 20.6 Å². The van der Waals surface area contributed by atoms with Crippen LogP contribution in [0.1, 0.15) is 5.56 Å². The molecule has 1 aromatic heterocycles. The summed E-state index contributed by atoms with van der Waals surface area (Å²) < 4.78 is 8.33. The lowest BCUT2D eigenvalue weighted by atomic mass is 10.1. The van der Waals surface area contributed by atoms with Gasteiger partial charge in [0.1, 0.15) is 16.6 Å². The van der Waals surface area contributed by atoms with Crippen LogP contribution < -0.4 is 5.32 Å². The SMILES string of the molecule is C=CCN1C(=O)/C(=C/c2cccc3nsnc23)C(=O)NC1=S. The minimum atomic E-state index is -0.518. The zero-order chi connectivity index (χ0) is 15.7. The van der Waals surface area contributed by atoms with Crippen LogP contribution in [0.15, 0.2) is 36.4 Å². The number of fused-ring (bicyclic) bond motifs is 1. The molecule has 22 heavy (non-hydrogen) atoms. The van der Waals surface area contributed by atoms with E-state index >= 15 is 0 Å². The van der Waals surface area contributed by atoms with Gasteiger partial charge in [-0.25, -0.2) is 0 Å². The van der Waals surface area contributed by atoms with E-state index < -0.39 is 11.8 Å². The van der Waals surface area contributed by atoms with Gasteiger partial charge in [-0.15, -0.1) is 6.58 Å². The van der Waals surface area contributed by atoms with Crippen LogP contribution in [0.3, 0.4) is 0 Å². The third-order valence-electron chi connectivity index (χ3n) is 3.11. The van der Waals surface area contributed by atoms with Crippen LogP contribution in [0, 0.1) is 0 Å². The molecule has 2 aromatic rings. The molecule has 0 saturated carbocycles. The van der Waals surface area contributed by atoms with E-state index in [9.17, 15) is 9.59 Å². The third kappa shape index (κ3) is 2.42. The summed E-state index contributed by atoms with van der Waals surface area (Å²) in [6.07, 6.45) is 3.06. The highest BCUT2D eigenvalue weighted by Gasteiger charge is 2.32. The van der Waals surface area contributed by atoms with Crippen molar-refractivity contribution in [1.29, 1.82) is 0 Å². The van der Waals surface area contributed by atoms with Crippen LogP contribution in [-0.2, 0) is 9.59 Å². The molecule has 3 rings (SSSR count). The monoisotopic (exact) mass is 330 g/mol. The lowest BCUT2D eigenvalue weighted by molar-refractivity contribution is -0.128. The average molecular weight is 330 g/mol. The fourth-order valence-electron chi connectivity index (χ4n) is 2.09. The molecule has 0 atom stereocenters. The van der Waals surface area contributed by atoms with Gasteiger partial charge in [-0.3, -0.25) is 19.8 Å². The van der Waals surface area contributed by atoms with Crippen LogP contribution in [0.4, 0.5) is 0 Å². The van der Waals surface area contributed by atoms with Gasteiger partial charge in [-0.2, -0.15) is 8.75 Å². The number of hydrogen-bond acceptors (Lipinski definition) is 6. The van der Waals surface area contributed by atoms with Gasteiger partial charge in [0.2, 0.25) is 0 Å². The second-order valence-electron chi connectivity index (χ2n) is 4.50. The molecule has 1 aliphatic heterocycles. The quantitative estimate of drug-likeness (QED) is 0.399. The van der Waals surface area contributed by atoms with Crippen LogP contribution in [0.5, 0.6) is 0 Å². The molecule has 0 spiro atoms. The first-order chi connectivity index (χ1) is 10.6. The number of thiocarbonyl (C=S) groups is 1. The standard InChI is InChI=1S/C14H10N4O2S2/c1-2-6-18-13(20)9(12(19)15-14(18)21)7-8-4-3-5-10-11(8)17-22-16-10/h2-5,7H,1,6H2,(H,15,19,21)/b9-7+. The molecule has 2 amide bonds. The van der Waals surface area contributed by atoms with Gasteiger partial charge in [0.05, 0.1) is 11.7 Å². The first-order valence-corrected chi connectivity index (χ1v) is 7.46. The molecule has 1 saturated heterocycles. The van der Waals surface area contributed by atoms with Crippen LogP contribution in [-0.4, -0.2) is 37.1 Å². The zero-order valence-corrected chi connectivity index (χ0v) is 12.9. The van der Waals surface area contributed by atoms with Crippen molar-refractivity contribution in [2.24, 2.45) is 0 Å². The molecular formula is C14H10N4O2S2. The Morgan fingerprint density at radius 2 is 2.18 bits per heavy atom. The number of hydrogen-bond donors (Lipinski definition) is 1. The average Bonchev–Trinajstić information content (AvgIpc) is 2.97.